The molecule has 0 bridgehead atoms. The predicted molar refractivity (Wildman–Crippen MR) is 68.9 cm³/mol. The van der Waals surface area contributed by atoms with E-state index in [1.54, 1.807) is 12.3 Å². The Hall–Kier alpha value is -1.27. The zero-order valence-electron chi connectivity index (χ0n) is 8.83. The summed E-state index contributed by atoms with van der Waals surface area (Å²) in [5.74, 6) is -1.06. The summed E-state index contributed by atoms with van der Waals surface area (Å²) in [4.78, 5) is 16.7. The third-order valence-electron chi connectivity index (χ3n) is 2.02. The third kappa shape index (κ3) is 2.89. The number of anilines is 1. The van der Waals surface area contributed by atoms with E-state index >= 15 is 0 Å². The van der Waals surface area contributed by atoms with Crippen molar-refractivity contribution in [2.45, 2.75) is 6.92 Å². The molecule has 1 amide bonds. The summed E-state index contributed by atoms with van der Waals surface area (Å²) in [6, 6.07) is 4.29. The molecule has 1 aromatic heterocycles. The molecule has 0 saturated carbocycles. The maximum atomic E-state index is 13.5. The van der Waals surface area contributed by atoms with E-state index in [1.165, 1.54) is 23.5 Å². The summed E-state index contributed by atoms with van der Waals surface area (Å²) < 4.78 is 14.1. The molecule has 88 valence electrons. The van der Waals surface area contributed by atoms with Crippen LogP contribution in [0.15, 0.2) is 28.9 Å². The van der Waals surface area contributed by atoms with Crippen LogP contribution < -0.4 is 5.32 Å². The van der Waals surface area contributed by atoms with E-state index < -0.39 is 11.7 Å². The lowest BCUT2D eigenvalue weighted by atomic mass is 10.2. The van der Waals surface area contributed by atoms with Gasteiger partial charge in [-0.15, -0.1) is 11.3 Å². The topological polar surface area (TPSA) is 42.0 Å². The summed E-state index contributed by atoms with van der Waals surface area (Å²) >= 11 is 4.48. The summed E-state index contributed by atoms with van der Waals surface area (Å²) in [7, 11) is 0. The van der Waals surface area contributed by atoms with Crippen LogP contribution in [0.3, 0.4) is 0 Å². The Balaban J connectivity index is 2.20. The van der Waals surface area contributed by atoms with Gasteiger partial charge >= 0.3 is 0 Å². The Bertz CT molecular complexity index is 570. The number of thiazole rings is 1. The fraction of sp³-hybridized carbons (Fsp3) is 0.0909. The van der Waals surface area contributed by atoms with Gasteiger partial charge in [0.05, 0.1) is 5.56 Å². The van der Waals surface area contributed by atoms with Crippen molar-refractivity contribution in [3.05, 3.63) is 45.1 Å². The Morgan fingerprint density at radius 2 is 2.29 bits per heavy atom. The molecule has 0 saturated heterocycles. The SMILES string of the molecule is Cc1cnc(NC(=O)c2ccc(Br)cc2F)s1. The molecule has 2 rings (SSSR count). The Morgan fingerprint density at radius 3 is 2.88 bits per heavy atom. The number of halogens is 2. The fourth-order valence-corrected chi connectivity index (χ4v) is 2.24. The van der Waals surface area contributed by atoms with Gasteiger partial charge in [0, 0.05) is 15.5 Å². The molecule has 0 aliphatic carbocycles. The van der Waals surface area contributed by atoms with Crippen LogP contribution in [-0.4, -0.2) is 10.9 Å². The molecule has 1 aromatic carbocycles. The number of rotatable bonds is 2. The Morgan fingerprint density at radius 1 is 1.53 bits per heavy atom. The van der Waals surface area contributed by atoms with Crippen molar-refractivity contribution in [1.82, 2.24) is 4.98 Å². The van der Waals surface area contributed by atoms with Crippen LogP contribution >= 0.6 is 27.3 Å². The zero-order valence-corrected chi connectivity index (χ0v) is 11.2. The van der Waals surface area contributed by atoms with Crippen molar-refractivity contribution in [3.8, 4) is 0 Å². The highest BCUT2D eigenvalue weighted by Gasteiger charge is 2.13. The van der Waals surface area contributed by atoms with Gasteiger partial charge < -0.3 is 0 Å². The predicted octanol–water partition coefficient (Wildman–Crippen LogP) is 3.61. The molecule has 0 atom stereocenters. The van der Waals surface area contributed by atoms with Crippen molar-refractivity contribution in [1.29, 1.82) is 0 Å². The van der Waals surface area contributed by atoms with Crippen LogP contribution in [0.1, 0.15) is 15.2 Å². The number of carbonyl (C=O) groups excluding carboxylic acids is 1. The first kappa shape index (κ1) is 12.2. The van der Waals surface area contributed by atoms with E-state index in [-0.39, 0.29) is 5.56 Å². The Labute approximate surface area is 110 Å². The molecule has 0 aliphatic heterocycles. The van der Waals surface area contributed by atoms with Gasteiger partial charge in [-0.25, -0.2) is 9.37 Å². The molecule has 0 radical (unpaired) electrons. The van der Waals surface area contributed by atoms with Crippen LogP contribution in [0.4, 0.5) is 9.52 Å². The molecular weight excluding hydrogens is 307 g/mol. The smallest absolute Gasteiger partial charge is 0.260 e. The minimum Gasteiger partial charge on any atom is -0.298 e. The highest BCUT2D eigenvalue weighted by atomic mass is 79.9. The normalized spacial score (nSPS) is 10.3. The second kappa shape index (κ2) is 4.93. The molecule has 1 N–H and O–H groups in total. The number of carbonyl (C=O) groups is 1. The van der Waals surface area contributed by atoms with Crippen molar-refractivity contribution in [2.24, 2.45) is 0 Å². The van der Waals surface area contributed by atoms with Gasteiger partial charge in [0.25, 0.3) is 5.91 Å². The highest BCUT2D eigenvalue weighted by Crippen LogP contribution is 2.19. The first-order valence-corrected chi connectivity index (χ1v) is 6.36. The number of benzene rings is 1. The molecule has 1 heterocycles. The van der Waals surface area contributed by atoms with Gasteiger partial charge in [0.15, 0.2) is 5.13 Å². The molecule has 0 fully saturated rings. The number of hydrogen-bond acceptors (Lipinski definition) is 3. The van der Waals surface area contributed by atoms with Crippen LogP contribution in [-0.2, 0) is 0 Å². The largest absolute Gasteiger partial charge is 0.298 e. The molecule has 2 aromatic rings. The quantitative estimate of drug-likeness (QED) is 0.920. The molecule has 6 heteroatoms. The number of nitrogens with zero attached hydrogens (tertiary/aromatic N) is 1. The standard InChI is InChI=1S/C11H8BrFN2OS/c1-6-5-14-11(17-6)15-10(16)8-3-2-7(12)4-9(8)13/h2-5H,1H3,(H,14,15,16). The minimum absolute atomic E-state index is 0.000975. The highest BCUT2D eigenvalue weighted by molar-refractivity contribution is 9.10. The summed E-state index contributed by atoms with van der Waals surface area (Å²) in [6.07, 6.45) is 1.65. The molecule has 17 heavy (non-hydrogen) atoms. The molecule has 0 aliphatic rings. The van der Waals surface area contributed by atoms with Crippen molar-refractivity contribution in [2.75, 3.05) is 5.32 Å². The fourth-order valence-electron chi connectivity index (χ4n) is 1.25. The number of amides is 1. The summed E-state index contributed by atoms with van der Waals surface area (Å²) in [5.41, 5.74) is 0.000975. The van der Waals surface area contributed by atoms with Gasteiger partial charge in [-0.1, -0.05) is 15.9 Å². The monoisotopic (exact) mass is 314 g/mol. The Kier molecular flexibility index (Phi) is 3.54. The molecule has 0 spiro atoms. The lowest BCUT2D eigenvalue weighted by molar-refractivity contribution is 0.102. The van der Waals surface area contributed by atoms with Gasteiger partial charge in [-0.05, 0) is 25.1 Å². The first-order chi connectivity index (χ1) is 8.06. The van der Waals surface area contributed by atoms with Gasteiger partial charge in [-0.3, -0.25) is 10.1 Å². The van der Waals surface area contributed by atoms with Crippen LogP contribution in [0.2, 0.25) is 0 Å². The average Bonchev–Trinajstić information content (AvgIpc) is 2.63. The van der Waals surface area contributed by atoms with Crippen LogP contribution in [0.25, 0.3) is 0 Å². The van der Waals surface area contributed by atoms with Gasteiger partial charge in [0.1, 0.15) is 5.82 Å². The average molecular weight is 315 g/mol. The summed E-state index contributed by atoms with van der Waals surface area (Å²) in [5, 5.41) is 3.02. The maximum absolute atomic E-state index is 13.5. The lowest BCUT2D eigenvalue weighted by Gasteiger charge is -2.03. The zero-order chi connectivity index (χ0) is 12.4. The lowest BCUT2D eigenvalue weighted by Crippen LogP contribution is -2.13. The van der Waals surface area contributed by atoms with Crippen molar-refractivity contribution < 1.29 is 9.18 Å². The van der Waals surface area contributed by atoms with Crippen molar-refractivity contribution >= 4 is 38.3 Å². The van der Waals surface area contributed by atoms with E-state index in [9.17, 15) is 9.18 Å². The van der Waals surface area contributed by atoms with Crippen LogP contribution in [0.5, 0.6) is 0 Å². The van der Waals surface area contributed by atoms with Gasteiger partial charge in [-0.2, -0.15) is 0 Å². The molecule has 3 nitrogen and oxygen atoms in total. The van der Waals surface area contributed by atoms with E-state index in [0.717, 1.165) is 4.88 Å². The second-order valence-corrected chi connectivity index (χ2v) is 5.50. The second-order valence-electron chi connectivity index (χ2n) is 3.35. The van der Waals surface area contributed by atoms with Crippen molar-refractivity contribution in [3.63, 3.8) is 0 Å². The van der Waals surface area contributed by atoms with Gasteiger partial charge in [0.2, 0.25) is 0 Å². The minimum atomic E-state index is -0.565. The van der Waals surface area contributed by atoms with Crippen LogP contribution in [0, 0.1) is 12.7 Å². The molecule has 0 unspecified atom stereocenters. The third-order valence-corrected chi connectivity index (χ3v) is 3.34. The van der Waals surface area contributed by atoms with E-state index in [4.69, 9.17) is 0 Å². The first-order valence-electron chi connectivity index (χ1n) is 4.75. The van der Waals surface area contributed by atoms with E-state index in [2.05, 4.69) is 26.2 Å². The maximum Gasteiger partial charge on any atom is 0.260 e. The molecular formula is C11H8BrFN2OS. The number of aryl methyl sites for hydroxylation is 1. The number of aromatic nitrogens is 1. The number of nitrogens with one attached hydrogen (secondary N) is 1. The number of hydrogen-bond donors (Lipinski definition) is 1. The van der Waals surface area contributed by atoms with E-state index in [0.29, 0.717) is 9.60 Å². The summed E-state index contributed by atoms with van der Waals surface area (Å²) in [6.45, 7) is 1.88. The van der Waals surface area contributed by atoms with E-state index in [1.807, 2.05) is 6.92 Å².